The molecule has 0 unspecified atom stereocenters. The van der Waals surface area contributed by atoms with Crippen molar-refractivity contribution in [2.45, 2.75) is 32.6 Å². The number of amides is 2. The van der Waals surface area contributed by atoms with E-state index in [-0.39, 0.29) is 17.7 Å². The smallest absolute Gasteiger partial charge is 0.228 e. The van der Waals surface area contributed by atoms with Gasteiger partial charge in [0.1, 0.15) is 0 Å². The van der Waals surface area contributed by atoms with Crippen molar-refractivity contribution >= 4 is 11.8 Å². The Bertz CT molecular complexity index is 955. The number of likely N-dealkylation sites (tertiary alicyclic amines) is 1. The van der Waals surface area contributed by atoms with Crippen molar-refractivity contribution in [2.24, 2.45) is 17.3 Å². The molecule has 2 fully saturated rings. The maximum atomic E-state index is 13.5. The molecule has 0 spiro atoms. The van der Waals surface area contributed by atoms with Crippen LogP contribution in [-0.2, 0) is 16.0 Å². The Morgan fingerprint density at radius 2 is 1.87 bits per heavy atom. The first-order valence-electron chi connectivity index (χ1n) is 11.4. The molecule has 1 heterocycles. The Hall–Kier alpha value is -2.88. The van der Waals surface area contributed by atoms with Crippen molar-refractivity contribution in [1.82, 2.24) is 10.2 Å². The Kier molecular flexibility index (Phi) is 6.26. The van der Waals surface area contributed by atoms with Gasteiger partial charge in [0.2, 0.25) is 11.8 Å². The van der Waals surface area contributed by atoms with E-state index in [0.29, 0.717) is 25.4 Å². The summed E-state index contributed by atoms with van der Waals surface area (Å²) >= 11 is 0. The van der Waals surface area contributed by atoms with Crippen LogP contribution in [-0.4, -0.2) is 36.3 Å². The maximum absolute atomic E-state index is 13.5. The number of nitrogens with zero attached hydrogens (tertiary/aromatic N) is 1. The van der Waals surface area contributed by atoms with Crippen LogP contribution in [0, 0.1) is 17.3 Å². The van der Waals surface area contributed by atoms with Crippen LogP contribution in [0.3, 0.4) is 0 Å². The average Bonchev–Trinajstić information content (AvgIpc) is 3.54. The van der Waals surface area contributed by atoms with E-state index in [1.807, 2.05) is 35.2 Å². The molecule has 31 heavy (non-hydrogen) atoms. The zero-order chi connectivity index (χ0) is 21.8. The molecule has 0 radical (unpaired) electrons. The standard InChI is InChI=1S/C27H32N2O2/c1-3-15-28-26(31)27(14-9-16-29(19-27)25(30)24-17-20(24)2)18-22-12-7-8-13-23(22)21-10-5-4-6-11-21/h3-8,10-13,20,24H,1,9,14-19H2,2H3,(H,28,31)/t20-,24-,27-/m0/s1. The number of nitrogens with one attached hydrogen (secondary N) is 1. The Morgan fingerprint density at radius 3 is 2.58 bits per heavy atom. The predicted octanol–water partition coefficient (Wildman–Crippen LogP) is 4.46. The van der Waals surface area contributed by atoms with E-state index in [2.05, 4.69) is 43.1 Å². The highest BCUT2D eigenvalue weighted by Gasteiger charge is 2.47. The summed E-state index contributed by atoms with van der Waals surface area (Å²) in [5.41, 5.74) is 2.82. The van der Waals surface area contributed by atoms with Gasteiger partial charge >= 0.3 is 0 Å². The minimum absolute atomic E-state index is 0.0246. The third-order valence-electron chi connectivity index (χ3n) is 6.83. The van der Waals surface area contributed by atoms with Crippen molar-refractivity contribution in [3.63, 3.8) is 0 Å². The molecule has 1 N–H and O–H groups in total. The molecule has 4 rings (SSSR count). The van der Waals surface area contributed by atoms with Crippen LogP contribution in [0.4, 0.5) is 0 Å². The number of benzene rings is 2. The fourth-order valence-electron chi connectivity index (χ4n) is 4.92. The topological polar surface area (TPSA) is 49.4 Å². The van der Waals surface area contributed by atoms with E-state index in [4.69, 9.17) is 0 Å². The quantitative estimate of drug-likeness (QED) is 0.678. The van der Waals surface area contributed by atoms with Crippen molar-refractivity contribution in [2.75, 3.05) is 19.6 Å². The van der Waals surface area contributed by atoms with Gasteiger partial charge in [-0.1, -0.05) is 67.6 Å². The number of piperidine rings is 1. The summed E-state index contributed by atoms with van der Waals surface area (Å²) in [5.74, 6) is 0.863. The van der Waals surface area contributed by atoms with E-state index in [1.54, 1.807) is 6.08 Å². The van der Waals surface area contributed by atoms with Gasteiger partial charge in [0, 0.05) is 25.6 Å². The molecule has 2 amide bonds. The highest BCUT2D eigenvalue weighted by molar-refractivity contribution is 5.86. The maximum Gasteiger partial charge on any atom is 0.228 e. The molecule has 1 saturated carbocycles. The van der Waals surface area contributed by atoms with Gasteiger partial charge in [-0.2, -0.15) is 0 Å². The van der Waals surface area contributed by atoms with Crippen LogP contribution in [0.2, 0.25) is 0 Å². The summed E-state index contributed by atoms with van der Waals surface area (Å²) in [6.45, 7) is 7.55. The molecule has 4 nitrogen and oxygen atoms in total. The van der Waals surface area contributed by atoms with Crippen molar-refractivity contribution < 1.29 is 9.59 Å². The number of hydrogen-bond donors (Lipinski definition) is 1. The monoisotopic (exact) mass is 416 g/mol. The Labute approximate surface area is 185 Å². The first-order chi connectivity index (χ1) is 15.0. The highest BCUT2D eigenvalue weighted by atomic mass is 16.2. The van der Waals surface area contributed by atoms with Gasteiger partial charge < -0.3 is 10.2 Å². The zero-order valence-electron chi connectivity index (χ0n) is 18.3. The van der Waals surface area contributed by atoms with Crippen LogP contribution in [0.1, 0.15) is 31.7 Å². The van der Waals surface area contributed by atoms with E-state index in [0.717, 1.165) is 42.5 Å². The van der Waals surface area contributed by atoms with Gasteiger partial charge in [-0.05, 0) is 48.3 Å². The van der Waals surface area contributed by atoms with E-state index >= 15 is 0 Å². The summed E-state index contributed by atoms with van der Waals surface area (Å²) in [5, 5.41) is 3.04. The molecule has 4 heteroatoms. The lowest BCUT2D eigenvalue weighted by molar-refractivity contribution is -0.142. The third-order valence-corrected chi connectivity index (χ3v) is 6.83. The minimum Gasteiger partial charge on any atom is -0.352 e. The predicted molar refractivity (Wildman–Crippen MR) is 124 cm³/mol. The second-order valence-corrected chi connectivity index (χ2v) is 9.16. The largest absolute Gasteiger partial charge is 0.352 e. The zero-order valence-corrected chi connectivity index (χ0v) is 18.3. The Balaban J connectivity index is 1.66. The van der Waals surface area contributed by atoms with Gasteiger partial charge in [-0.25, -0.2) is 0 Å². The first kappa shape index (κ1) is 21.4. The Morgan fingerprint density at radius 1 is 1.16 bits per heavy atom. The van der Waals surface area contributed by atoms with Gasteiger partial charge in [0.05, 0.1) is 5.41 Å². The third kappa shape index (κ3) is 4.58. The summed E-state index contributed by atoms with van der Waals surface area (Å²) in [6, 6.07) is 18.6. The molecule has 1 saturated heterocycles. The van der Waals surface area contributed by atoms with Crippen LogP contribution in [0.5, 0.6) is 0 Å². The average molecular weight is 417 g/mol. The number of rotatable bonds is 7. The molecule has 0 bridgehead atoms. The molecular formula is C27H32N2O2. The van der Waals surface area contributed by atoms with Gasteiger partial charge in [-0.3, -0.25) is 9.59 Å². The number of hydrogen-bond acceptors (Lipinski definition) is 2. The summed E-state index contributed by atoms with van der Waals surface area (Å²) in [7, 11) is 0. The van der Waals surface area contributed by atoms with Gasteiger partial charge in [0.25, 0.3) is 0 Å². The summed E-state index contributed by atoms with van der Waals surface area (Å²) in [6.07, 6.45) is 4.93. The van der Waals surface area contributed by atoms with Crippen LogP contribution < -0.4 is 5.32 Å². The van der Waals surface area contributed by atoms with Crippen LogP contribution >= 0.6 is 0 Å². The normalized spacial score (nSPS) is 25.0. The van der Waals surface area contributed by atoms with Crippen LogP contribution in [0.15, 0.2) is 67.3 Å². The molecule has 162 valence electrons. The fraction of sp³-hybridized carbons (Fsp3) is 0.407. The van der Waals surface area contributed by atoms with Crippen molar-refractivity contribution in [3.8, 4) is 11.1 Å². The highest BCUT2D eigenvalue weighted by Crippen LogP contribution is 2.42. The molecule has 0 aromatic heterocycles. The molecule has 1 aliphatic carbocycles. The molecule has 3 atom stereocenters. The number of carbonyl (C=O) groups is 2. The van der Waals surface area contributed by atoms with Crippen LogP contribution in [0.25, 0.3) is 11.1 Å². The second-order valence-electron chi connectivity index (χ2n) is 9.16. The van der Waals surface area contributed by atoms with E-state index < -0.39 is 5.41 Å². The van der Waals surface area contributed by atoms with Gasteiger partial charge in [0.15, 0.2) is 0 Å². The van der Waals surface area contributed by atoms with E-state index in [9.17, 15) is 9.59 Å². The molecule has 1 aliphatic heterocycles. The lowest BCUT2D eigenvalue weighted by Crippen LogP contribution is -2.55. The first-order valence-corrected chi connectivity index (χ1v) is 11.4. The second kappa shape index (κ2) is 9.09. The fourth-order valence-corrected chi connectivity index (χ4v) is 4.92. The van der Waals surface area contributed by atoms with Crippen molar-refractivity contribution in [3.05, 3.63) is 72.8 Å². The lowest BCUT2D eigenvalue weighted by atomic mass is 9.73. The minimum atomic E-state index is -0.625. The van der Waals surface area contributed by atoms with Gasteiger partial charge in [-0.15, -0.1) is 6.58 Å². The molecule has 2 aliphatic rings. The van der Waals surface area contributed by atoms with Crippen molar-refractivity contribution in [1.29, 1.82) is 0 Å². The molecular weight excluding hydrogens is 384 g/mol. The SMILES string of the molecule is C=CCNC(=O)[C@]1(Cc2ccccc2-c2ccccc2)CCCN(C(=O)[C@H]2C[C@@H]2C)C1. The summed E-state index contributed by atoms with van der Waals surface area (Å²) < 4.78 is 0. The molecule has 2 aromatic rings. The lowest BCUT2D eigenvalue weighted by Gasteiger charge is -2.42. The number of carbonyl (C=O) groups excluding carboxylic acids is 2. The summed E-state index contributed by atoms with van der Waals surface area (Å²) in [4.78, 5) is 28.4. The molecule has 2 aromatic carbocycles. The van der Waals surface area contributed by atoms with E-state index in [1.165, 1.54) is 0 Å².